The molecule has 0 bridgehead atoms. The lowest BCUT2D eigenvalue weighted by molar-refractivity contribution is 0.950. The first-order valence-corrected chi connectivity index (χ1v) is 8.08. The van der Waals surface area contributed by atoms with E-state index in [4.69, 9.17) is 0 Å². The first-order chi connectivity index (χ1) is 8.72. The van der Waals surface area contributed by atoms with Crippen LogP contribution in [-0.2, 0) is 0 Å². The Kier molecular flexibility index (Phi) is 3.24. The maximum atomic E-state index is 4.41. The number of fused-ring (bicyclic) bond motifs is 1. The quantitative estimate of drug-likeness (QED) is 0.908. The van der Waals surface area contributed by atoms with Crippen molar-refractivity contribution in [2.75, 3.05) is 18.1 Å². The van der Waals surface area contributed by atoms with E-state index in [9.17, 15) is 0 Å². The van der Waals surface area contributed by atoms with E-state index in [1.165, 1.54) is 23.9 Å². The third-order valence-electron chi connectivity index (χ3n) is 3.55. The van der Waals surface area contributed by atoms with Gasteiger partial charge in [0.1, 0.15) is 0 Å². The Morgan fingerprint density at radius 2 is 2.22 bits per heavy atom. The molecule has 1 heterocycles. The molecule has 1 N–H and O–H groups in total. The van der Waals surface area contributed by atoms with Crippen molar-refractivity contribution in [3.63, 3.8) is 0 Å². The fraction of sp³-hybridized carbons (Fsp3) is 0.357. The van der Waals surface area contributed by atoms with Crippen LogP contribution in [0.25, 0.3) is 10.9 Å². The molecule has 0 aliphatic heterocycles. The molecule has 1 aromatic heterocycles. The third kappa shape index (κ3) is 2.36. The van der Waals surface area contributed by atoms with Crippen LogP contribution in [-0.4, -0.2) is 22.5 Å². The summed E-state index contributed by atoms with van der Waals surface area (Å²) >= 11 is 5.46. The second-order valence-electron chi connectivity index (χ2n) is 4.76. The van der Waals surface area contributed by atoms with Gasteiger partial charge in [0.2, 0.25) is 0 Å². The van der Waals surface area contributed by atoms with E-state index >= 15 is 0 Å². The van der Waals surface area contributed by atoms with Crippen LogP contribution < -0.4 is 5.32 Å². The van der Waals surface area contributed by atoms with Crippen LogP contribution in [0.4, 0.5) is 5.69 Å². The maximum Gasteiger partial charge on any atom is 0.0733 e. The Balaban J connectivity index is 1.87. The molecule has 1 aliphatic carbocycles. The molecule has 2 nitrogen and oxygen atoms in total. The summed E-state index contributed by atoms with van der Waals surface area (Å²) in [5.74, 6) is 0. The molecular formula is C14H15BrN2S. The van der Waals surface area contributed by atoms with Gasteiger partial charge in [-0.1, -0.05) is 15.9 Å². The number of aromatic nitrogens is 1. The fourth-order valence-electron chi connectivity index (χ4n) is 2.12. The molecule has 0 spiro atoms. The highest BCUT2D eigenvalue weighted by molar-refractivity contribution is 9.10. The van der Waals surface area contributed by atoms with Crippen molar-refractivity contribution >= 4 is 44.3 Å². The maximum absolute atomic E-state index is 4.41. The molecule has 94 valence electrons. The minimum Gasteiger partial charge on any atom is -0.383 e. The Morgan fingerprint density at radius 1 is 1.39 bits per heavy atom. The fourth-order valence-corrected chi connectivity index (χ4v) is 3.20. The number of hydrogen-bond acceptors (Lipinski definition) is 3. The average Bonchev–Trinajstić information content (AvgIpc) is 3.16. The van der Waals surface area contributed by atoms with Gasteiger partial charge in [-0.15, -0.1) is 0 Å². The molecule has 1 aliphatic rings. The van der Waals surface area contributed by atoms with Crippen LogP contribution in [0.3, 0.4) is 0 Å². The first kappa shape index (κ1) is 12.3. The summed E-state index contributed by atoms with van der Waals surface area (Å²) < 4.78 is 1.55. The Bertz CT molecular complexity index is 581. The molecule has 0 unspecified atom stereocenters. The molecule has 2 aromatic rings. The minimum atomic E-state index is 0.477. The molecule has 0 atom stereocenters. The highest BCUT2D eigenvalue weighted by Gasteiger charge is 2.41. The number of rotatable bonds is 4. The monoisotopic (exact) mass is 322 g/mol. The average molecular weight is 323 g/mol. The van der Waals surface area contributed by atoms with Crippen molar-refractivity contribution in [1.29, 1.82) is 0 Å². The van der Waals surface area contributed by atoms with Crippen molar-refractivity contribution < 1.29 is 0 Å². The molecule has 18 heavy (non-hydrogen) atoms. The van der Waals surface area contributed by atoms with Crippen LogP contribution in [0.15, 0.2) is 34.9 Å². The molecule has 0 radical (unpaired) electrons. The van der Waals surface area contributed by atoms with Gasteiger partial charge >= 0.3 is 0 Å². The molecule has 0 amide bonds. The molecule has 3 rings (SSSR count). The normalized spacial score (nSPS) is 16.8. The number of nitrogens with zero attached hydrogens (tertiary/aromatic N) is 1. The summed E-state index contributed by atoms with van der Waals surface area (Å²) in [6.07, 6.45) is 6.73. The zero-order chi connectivity index (χ0) is 12.6. The number of hydrogen-bond donors (Lipinski definition) is 1. The Hall–Kier alpha value is -0.740. The predicted octanol–water partition coefficient (Wildman–Crippen LogP) is 4.30. The van der Waals surface area contributed by atoms with Gasteiger partial charge in [-0.2, -0.15) is 11.8 Å². The predicted molar refractivity (Wildman–Crippen MR) is 83.4 cm³/mol. The summed E-state index contributed by atoms with van der Waals surface area (Å²) in [4.78, 5) is 4.41. The third-order valence-corrected chi connectivity index (χ3v) is 5.46. The van der Waals surface area contributed by atoms with E-state index < -0.39 is 0 Å². The molecular weight excluding hydrogens is 308 g/mol. The van der Waals surface area contributed by atoms with Crippen molar-refractivity contribution in [2.45, 2.75) is 17.6 Å². The second-order valence-corrected chi connectivity index (χ2v) is 6.95. The Morgan fingerprint density at radius 3 is 2.94 bits per heavy atom. The SMILES string of the molecule is CSC1(CNc2ccnc3cc(Br)ccc23)CC1. The highest BCUT2D eigenvalue weighted by atomic mass is 79.9. The zero-order valence-electron chi connectivity index (χ0n) is 10.2. The van der Waals surface area contributed by atoms with Crippen LogP contribution in [0.5, 0.6) is 0 Å². The van der Waals surface area contributed by atoms with Crippen LogP contribution in [0.1, 0.15) is 12.8 Å². The van der Waals surface area contributed by atoms with Gasteiger partial charge in [0, 0.05) is 33.0 Å². The van der Waals surface area contributed by atoms with E-state index in [1.54, 1.807) is 0 Å². The van der Waals surface area contributed by atoms with E-state index in [2.05, 4.69) is 56.8 Å². The zero-order valence-corrected chi connectivity index (χ0v) is 12.6. The first-order valence-electron chi connectivity index (χ1n) is 6.06. The number of thioether (sulfide) groups is 1. The highest BCUT2D eigenvalue weighted by Crippen LogP contribution is 2.47. The molecule has 4 heteroatoms. The van der Waals surface area contributed by atoms with Crippen molar-refractivity contribution in [3.05, 3.63) is 34.9 Å². The van der Waals surface area contributed by atoms with Crippen molar-refractivity contribution in [2.24, 2.45) is 0 Å². The molecule has 1 saturated carbocycles. The van der Waals surface area contributed by atoms with E-state index in [1.807, 2.05) is 18.0 Å². The summed E-state index contributed by atoms with van der Waals surface area (Å²) in [7, 11) is 0. The van der Waals surface area contributed by atoms with Crippen LogP contribution >= 0.6 is 27.7 Å². The van der Waals surface area contributed by atoms with Gasteiger partial charge in [0.05, 0.1) is 5.52 Å². The summed E-state index contributed by atoms with van der Waals surface area (Å²) in [6, 6.07) is 8.30. The number of anilines is 1. The van der Waals surface area contributed by atoms with Crippen LogP contribution in [0.2, 0.25) is 0 Å². The van der Waals surface area contributed by atoms with Gasteiger partial charge in [-0.3, -0.25) is 4.98 Å². The van der Waals surface area contributed by atoms with Crippen LogP contribution in [0, 0.1) is 0 Å². The standard InChI is InChI=1S/C14H15BrN2S/c1-18-14(5-6-14)9-17-12-4-7-16-13-8-10(15)2-3-11(12)13/h2-4,7-8H,5-6,9H2,1H3,(H,16,17). The lowest BCUT2D eigenvalue weighted by Crippen LogP contribution is -2.17. The van der Waals surface area contributed by atoms with Gasteiger partial charge in [0.25, 0.3) is 0 Å². The second kappa shape index (κ2) is 4.74. The van der Waals surface area contributed by atoms with E-state index in [0.29, 0.717) is 4.75 Å². The van der Waals surface area contributed by atoms with Gasteiger partial charge in [-0.25, -0.2) is 0 Å². The molecule has 1 fully saturated rings. The summed E-state index contributed by atoms with van der Waals surface area (Å²) in [5.41, 5.74) is 2.22. The minimum absolute atomic E-state index is 0.477. The largest absolute Gasteiger partial charge is 0.383 e. The number of pyridine rings is 1. The van der Waals surface area contributed by atoms with Crippen molar-refractivity contribution in [3.8, 4) is 0 Å². The van der Waals surface area contributed by atoms with Gasteiger partial charge < -0.3 is 5.32 Å². The lowest BCUT2D eigenvalue weighted by Gasteiger charge is -2.15. The van der Waals surface area contributed by atoms with E-state index in [0.717, 1.165) is 16.5 Å². The topological polar surface area (TPSA) is 24.9 Å². The molecule has 1 aromatic carbocycles. The number of halogens is 1. The Labute approximate surface area is 120 Å². The number of nitrogens with one attached hydrogen (secondary N) is 1. The van der Waals surface area contributed by atoms with Crippen molar-refractivity contribution in [1.82, 2.24) is 4.98 Å². The number of benzene rings is 1. The van der Waals surface area contributed by atoms with E-state index in [-0.39, 0.29) is 0 Å². The van der Waals surface area contributed by atoms with Gasteiger partial charge in [-0.05, 0) is 43.4 Å². The summed E-state index contributed by atoms with van der Waals surface area (Å²) in [6.45, 7) is 1.04. The van der Waals surface area contributed by atoms with Gasteiger partial charge in [0.15, 0.2) is 0 Å². The smallest absolute Gasteiger partial charge is 0.0733 e. The lowest BCUT2D eigenvalue weighted by atomic mass is 10.2. The molecule has 0 saturated heterocycles. The summed E-state index contributed by atoms with van der Waals surface area (Å²) in [5, 5.41) is 4.78.